The lowest BCUT2D eigenvalue weighted by molar-refractivity contribution is 0.0690. The van der Waals surface area contributed by atoms with Gasteiger partial charge >= 0.3 is 5.97 Å². The summed E-state index contributed by atoms with van der Waals surface area (Å²) >= 11 is 0. The molecule has 1 unspecified atom stereocenters. The fourth-order valence-corrected chi connectivity index (χ4v) is 1.18. The van der Waals surface area contributed by atoms with Crippen LogP contribution in [0.2, 0.25) is 0 Å². The highest BCUT2D eigenvalue weighted by Gasteiger charge is 2.20. The van der Waals surface area contributed by atoms with Gasteiger partial charge in [-0.2, -0.15) is 0 Å². The van der Waals surface area contributed by atoms with Crippen molar-refractivity contribution in [2.24, 2.45) is 0 Å². The molecule has 0 aliphatic carbocycles. The highest BCUT2D eigenvalue weighted by atomic mass is 16.4. The maximum Gasteiger partial charge on any atom is 0.354 e. The minimum atomic E-state index is -1.05. The van der Waals surface area contributed by atoms with E-state index in [0.717, 1.165) is 6.42 Å². The van der Waals surface area contributed by atoms with Crippen molar-refractivity contribution in [2.45, 2.75) is 25.8 Å². The number of nitrogens with one attached hydrogen (secondary N) is 1. The van der Waals surface area contributed by atoms with E-state index < -0.39 is 11.5 Å². The molecular formula is C11H16N2O3. The van der Waals surface area contributed by atoms with Gasteiger partial charge in [-0.05, 0) is 25.5 Å². The van der Waals surface area contributed by atoms with Gasteiger partial charge in [0.15, 0.2) is 0 Å². The Morgan fingerprint density at radius 1 is 1.56 bits per heavy atom. The van der Waals surface area contributed by atoms with Crippen LogP contribution < -0.4 is 5.32 Å². The molecule has 0 spiro atoms. The van der Waals surface area contributed by atoms with E-state index in [0.29, 0.717) is 5.69 Å². The largest absolute Gasteiger partial charge is 0.477 e. The van der Waals surface area contributed by atoms with Crippen molar-refractivity contribution in [3.63, 3.8) is 0 Å². The average Bonchev–Trinajstić information content (AvgIpc) is 2.29. The van der Waals surface area contributed by atoms with Gasteiger partial charge in [0.2, 0.25) is 0 Å². The van der Waals surface area contributed by atoms with Crippen LogP contribution in [0.5, 0.6) is 0 Å². The van der Waals surface area contributed by atoms with Crippen LogP contribution in [0, 0.1) is 0 Å². The first-order valence-corrected chi connectivity index (χ1v) is 5.09. The molecule has 0 radical (unpaired) electrons. The predicted octanol–water partition coefficient (Wildman–Crippen LogP) is 1.35. The van der Waals surface area contributed by atoms with E-state index in [-0.39, 0.29) is 12.3 Å². The van der Waals surface area contributed by atoms with Crippen LogP contribution in [0.25, 0.3) is 0 Å². The Bertz CT molecular complexity index is 358. The zero-order valence-electron chi connectivity index (χ0n) is 9.40. The van der Waals surface area contributed by atoms with E-state index in [1.807, 2.05) is 13.8 Å². The number of anilines is 1. The maximum absolute atomic E-state index is 10.6. The average molecular weight is 224 g/mol. The summed E-state index contributed by atoms with van der Waals surface area (Å²) in [5, 5.41) is 21.0. The summed E-state index contributed by atoms with van der Waals surface area (Å²) in [6, 6.07) is 3.07. The number of aliphatic hydroxyl groups is 1. The molecular weight excluding hydrogens is 208 g/mol. The molecule has 1 aromatic heterocycles. The molecule has 0 saturated carbocycles. The van der Waals surface area contributed by atoms with Crippen molar-refractivity contribution in [1.29, 1.82) is 0 Å². The first-order chi connectivity index (χ1) is 7.50. The Morgan fingerprint density at radius 3 is 2.62 bits per heavy atom. The van der Waals surface area contributed by atoms with Gasteiger partial charge in [0.05, 0.1) is 24.0 Å². The molecule has 16 heavy (non-hydrogen) atoms. The van der Waals surface area contributed by atoms with Gasteiger partial charge in [-0.3, -0.25) is 0 Å². The standard InChI is InChI=1S/C11H16N2O3/c1-3-11(2,7-14)13-8-4-5-9(10(15)16)12-6-8/h4-6,13-14H,3,7H2,1-2H3,(H,15,16). The third-order valence-electron chi connectivity index (χ3n) is 2.56. The van der Waals surface area contributed by atoms with Crippen LogP contribution >= 0.6 is 0 Å². The number of aromatic nitrogens is 1. The zero-order valence-corrected chi connectivity index (χ0v) is 9.40. The van der Waals surface area contributed by atoms with Crippen LogP contribution in [-0.4, -0.2) is 33.3 Å². The molecule has 0 fully saturated rings. The van der Waals surface area contributed by atoms with Gasteiger partial charge in [-0.25, -0.2) is 9.78 Å². The molecule has 0 aliphatic heterocycles. The van der Waals surface area contributed by atoms with E-state index >= 15 is 0 Å². The summed E-state index contributed by atoms with van der Waals surface area (Å²) in [5.41, 5.74) is 0.294. The van der Waals surface area contributed by atoms with Gasteiger partial charge in [0.25, 0.3) is 0 Å². The molecule has 0 saturated heterocycles. The van der Waals surface area contributed by atoms with Crippen molar-refractivity contribution >= 4 is 11.7 Å². The molecule has 5 heteroatoms. The van der Waals surface area contributed by atoms with Crippen LogP contribution in [0.3, 0.4) is 0 Å². The lowest BCUT2D eigenvalue weighted by atomic mass is 10.00. The molecule has 1 heterocycles. The summed E-state index contributed by atoms with van der Waals surface area (Å²) in [6.45, 7) is 3.85. The van der Waals surface area contributed by atoms with Gasteiger partial charge in [0.1, 0.15) is 5.69 Å². The number of hydrogen-bond donors (Lipinski definition) is 3. The highest BCUT2D eigenvalue weighted by Crippen LogP contribution is 2.17. The number of hydrogen-bond acceptors (Lipinski definition) is 4. The second-order valence-electron chi connectivity index (χ2n) is 3.93. The van der Waals surface area contributed by atoms with E-state index in [1.165, 1.54) is 12.3 Å². The molecule has 0 aliphatic rings. The topological polar surface area (TPSA) is 82.5 Å². The van der Waals surface area contributed by atoms with Crippen LogP contribution in [-0.2, 0) is 0 Å². The van der Waals surface area contributed by atoms with Crippen molar-refractivity contribution in [3.8, 4) is 0 Å². The van der Waals surface area contributed by atoms with Crippen molar-refractivity contribution in [2.75, 3.05) is 11.9 Å². The normalized spacial score (nSPS) is 14.2. The van der Waals surface area contributed by atoms with Crippen LogP contribution in [0.15, 0.2) is 18.3 Å². The summed E-state index contributed by atoms with van der Waals surface area (Å²) < 4.78 is 0. The van der Waals surface area contributed by atoms with Crippen molar-refractivity contribution < 1.29 is 15.0 Å². The molecule has 0 amide bonds. The SMILES string of the molecule is CCC(C)(CO)Nc1ccc(C(=O)O)nc1. The molecule has 1 aromatic rings. The molecule has 3 N–H and O–H groups in total. The smallest absolute Gasteiger partial charge is 0.354 e. The lowest BCUT2D eigenvalue weighted by Gasteiger charge is -2.28. The summed E-state index contributed by atoms with van der Waals surface area (Å²) in [7, 11) is 0. The van der Waals surface area contributed by atoms with E-state index in [2.05, 4.69) is 10.3 Å². The fraction of sp³-hybridized carbons (Fsp3) is 0.455. The first-order valence-electron chi connectivity index (χ1n) is 5.09. The van der Waals surface area contributed by atoms with Gasteiger partial charge in [-0.15, -0.1) is 0 Å². The number of aliphatic hydroxyl groups excluding tert-OH is 1. The fourth-order valence-electron chi connectivity index (χ4n) is 1.18. The van der Waals surface area contributed by atoms with Gasteiger partial charge in [-0.1, -0.05) is 6.92 Å². The lowest BCUT2D eigenvalue weighted by Crippen LogP contribution is -2.37. The first kappa shape index (κ1) is 12.4. The molecule has 0 aromatic carbocycles. The Labute approximate surface area is 94.1 Å². The Kier molecular flexibility index (Phi) is 3.84. The zero-order chi connectivity index (χ0) is 12.2. The molecule has 1 rings (SSSR count). The van der Waals surface area contributed by atoms with Gasteiger partial charge < -0.3 is 15.5 Å². The molecule has 0 bridgehead atoms. The molecule has 1 atom stereocenters. The number of carbonyl (C=O) groups is 1. The van der Waals surface area contributed by atoms with Crippen molar-refractivity contribution in [3.05, 3.63) is 24.0 Å². The number of carboxylic acid groups (broad SMARTS) is 1. The Morgan fingerprint density at radius 2 is 2.25 bits per heavy atom. The predicted molar refractivity (Wildman–Crippen MR) is 60.6 cm³/mol. The number of pyridine rings is 1. The number of rotatable bonds is 5. The molecule has 5 nitrogen and oxygen atoms in total. The summed E-state index contributed by atoms with van der Waals surface area (Å²) in [4.78, 5) is 14.4. The van der Waals surface area contributed by atoms with E-state index in [1.54, 1.807) is 6.07 Å². The third-order valence-corrected chi connectivity index (χ3v) is 2.56. The quantitative estimate of drug-likeness (QED) is 0.703. The minimum Gasteiger partial charge on any atom is -0.477 e. The molecule has 88 valence electrons. The minimum absolute atomic E-state index is 0.00415. The maximum atomic E-state index is 10.6. The van der Waals surface area contributed by atoms with Crippen LogP contribution in [0.1, 0.15) is 30.8 Å². The number of nitrogens with zero attached hydrogens (tertiary/aromatic N) is 1. The van der Waals surface area contributed by atoms with Crippen molar-refractivity contribution in [1.82, 2.24) is 4.98 Å². The summed E-state index contributed by atoms with van der Waals surface area (Å²) in [5.74, 6) is -1.05. The van der Waals surface area contributed by atoms with E-state index in [9.17, 15) is 9.90 Å². The highest BCUT2D eigenvalue weighted by molar-refractivity contribution is 5.85. The Balaban J connectivity index is 2.79. The monoisotopic (exact) mass is 224 g/mol. The van der Waals surface area contributed by atoms with E-state index in [4.69, 9.17) is 5.11 Å². The Hall–Kier alpha value is -1.62. The van der Waals surface area contributed by atoms with Crippen LogP contribution in [0.4, 0.5) is 5.69 Å². The third kappa shape index (κ3) is 2.93. The number of aromatic carboxylic acids is 1. The second kappa shape index (κ2) is 4.94. The number of carboxylic acids is 1. The summed E-state index contributed by atoms with van der Waals surface area (Å²) in [6.07, 6.45) is 2.21. The van der Waals surface area contributed by atoms with Gasteiger partial charge in [0, 0.05) is 0 Å². The second-order valence-corrected chi connectivity index (χ2v) is 3.93.